The standard InChI is InChI=1S/C13H16F2O/c1-4-5-9(3)13(16)11-10(14)7-6-8(2)12(11)15/h6-7,9H,4-5H2,1-3H3. The van der Waals surface area contributed by atoms with Crippen molar-refractivity contribution in [1.82, 2.24) is 0 Å². The van der Waals surface area contributed by atoms with Crippen LogP contribution in [0.15, 0.2) is 12.1 Å². The van der Waals surface area contributed by atoms with E-state index in [0.717, 1.165) is 12.5 Å². The van der Waals surface area contributed by atoms with Crippen molar-refractivity contribution in [3.63, 3.8) is 0 Å². The van der Waals surface area contributed by atoms with Gasteiger partial charge < -0.3 is 0 Å². The van der Waals surface area contributed by atoms with Crippen LogP contribution < -0.4 is 0 Å². The number of hydrogen-bond acceptors (Lipinski definition) is 1. The molecule has 0 spiro atoms. The Morgan fingerprint density at radius 1 is 1.38 bits per heavy atom. The van der Waals surface area contributed by atoms with E-state index >= 15 is 0 Å². The third kappa shape index (κ3) is 2.46. The Morgan fingerprint density at radius 3 is 2.56 bits per heavy atom. The van der Waals surface area contributed by atoms with E-state index in [0.29, 0.717) is 12.0 Å². The number of Topliss-reactive ketones (excluding diaryl/α,β-unsaturated/α-hetero) is 1. The van der Waals surface area contributed by atoms with Crippen molar-refractivity contribution in [3.8, 4) is 0 Å². The van der Waals surface area contributed by atoms with Crippen LogP contribution in [0, 0.1) is 24.5 Å². The van der Waals surface area contributed by atoms with Crippen molar-refractivity contribution < 1.29 is 13.6 Å². The number of rotatable bonds is 4. The predicted octanol–water partition coefficient (Wildman–Crippen LogP) is 3.89. The fourth-order valence-electron chi connectivity index (χ4n) is 1.69. The molecular formula is C13H16F2O. The molecule has 0 aliphatic carbocycles. The van der Waals surface area contributed by atoms with Crippen molar-refractivity contribution in [3.05, 3.63) is 34.9 Å². The highest BCUT2D eigenvalue weighted by molar-refractivity contribution is 5.98. The molecule has 0 bridgehead atoms. The first-order valence-electron chi connectivity index (χ1n) is 5.47. The van der Waals surface area contributed by atoms with Gasteiger partial charge in [0.25, 0.3) is 0 Å². The second-order valence-corrected chi connectivity index (χ2v) is 4.11. The molecule has 1 aromatic carbocycles. The molecule has 0 aliphatic rings. The van der Waals surface area contributed by atoms with Gasteiger partial charge in [0.2, 0.25) is 0 Å². The van der Waals surface area contributed by atoms with E-state index < -0.39 is 17.4 Å². The lowest BCUT2D eigenvalue weighted by Gasteiger charge is -2.11. The SMILES string of the molecule is CCCC(C)C(=O)c1c(F)ccc(C)c1F. The summed E-state index contributed by atoms with van der Waals surface area (Å²) in [7, 11) is 0. The van der Waals surface area contributed by atoms with Gasteiger partial charge in [-0.15, -0.1) is 0 Å². The first-order chi connectivity index (χ1) is 7.49. The van der Waals surface area contributed by atoms with Crippen molar-refractivity contribution in [1.29, 1.82) is 0 Å². The van der Waals surface area contributed by atoms with Gasteiger partial charge in [-0.05, 0) is 25.0 Å². The summed E-state index contributed by atoms with van der Waals surface area (Å²) in [4.78, 5) is 11.8. The van der Waals surface area contributed by atoms with Gasteiger partial charge in [0.15, 0.2) is 5.78 Å². The van der Waals surface area contributed by atoms with Crippen LogP contribution in [0.2, 0.25) is 0 Å². The summed E-state index contributed by atoms with van der Waals surface area (Å²) in [5, 5.41) is 0. The molecule has 3 heteroatoms. The molecule has 1 atom stereocenters. The highest BCUT2D eigenvalue weighted by atomic mass is 19.1. The molecule has 16 heavy (non-hydrogen) atoms. The third-order valence-corrected chi connectivity index (χ3v) is 2.70. The first kappa shape index (κ1) is 12.8. The number of benzene rings is 1. The van der Waals surface area contributed by atoms with E-state index in [9.17, 15) is 13.6 Å². The zero-order valence-electron chi connectivity index (χ0n) is 9.81. The minimum atomic E-state index is -0.768. The second-order valence-electron chi connectivity index (χ2n) is 4.11. The number of ketones is 1. The highest BCUT2D eigenvalue weighted by Crippen LogP contribution is 2.21. The zero-order chi connectivity index (χ0) is 12.3. The van der Waals surface area contributed by atoms with Crippen molar-refractivity contribution in [2.45, 2.75) is 33.6 Å². The fraction of sp³-hybridized carbons (Fsp3) is 0.462. The Hall–Kier alpha value is -1.25. The molecule has 0 radical (unpaired) electrons. The van der Waals surface area contributed by atoms with E-state index in [2.05, 4.69) is 0 Å². The average molecular weight is 226 g/mol. The van der Waals surface area contributed by atoms with Gasteiger partial charge in [0, 0.05) is 5.92 Å². The lowest BCUT2D eigenvalue weighted by molar-refractivity contribution is 0.0914. The van der Waals surface area contributed by atoms with Crippen LogP contribution in [-0.2, 0) is 0 Å². The topological polar surface area (TPSA) is 17.1 Å². The van der Waals surface area contributed by atoms with Crippen LogP contribution in [0.25, 0.3) is 0 Å². The van der Waals surface area contributed by atoms with Crippen LogP contribution in [0.3, 0.4) is 0 Å². The van der Waals surface area contributed by atoms with E-state index in [4.69, 9.17) is 0 Å². The first-order valence-corrected chi connectivity index (χ1v) is 5.47. The van der Waals surface area contributed by atoms with Crippen molar-refractivity contribution >= 4 is 5.78 Å². The fourth-order valence-corrected chi connectivity index (χ4v) is 1.69. The molecule has 88 valence electrons. The molecule has 0 aromatic heterocycles. The summed E-state index contributed by atoms with van der Waals surface area (Å²) >= 11 is 0. The van der Waals surface area contributed by atoms with Gasteiger partial charge in [-0.3, -0.25) is 4.79 Å². The van der Waals surface area contributed by atoms with Gasteiger partial charge in [0.05, 0.1) is 5.56 Å². The summed E-state index contributed by atoms with van der Waals surface area (Å²) in [6.07, 6.45) is 1.47. The minimum Gasteiger partial charge on any atom is -0.294 e. The monoisotopic (exact) mass is 226 g/mol. The Balaban J connectivity index is 3.12. The van der Waals surface area contributed by atoms with Crippen LogP contribution in [0.1, 0.15) is 42.6 Å². The van der Waals surface area contributed by atoms with Gasteiger partial charge in [-0.1, -0.05) is 26.3 Å². The van der Waals surface area contributed by atoms with Crippen molar-refractivity contribution in [2.24, 2.45) is 5.92 Å². The second kappa shape index (κ2) is 5.19. The molecule has 1 rings (SSSR count). The van der Waals surface area contributed by atoms with Crippen molar-refractivity contribution in [2.75, 3.05) is 0 Å². The van der Waals surface area contributed by atoms with E-state index in [-0.39, 0.29) is 11.5 Å². The lowest BCUT2D eigenvalue weighted by atomic mass is 9.93. The summed E-state index contributed by atoms with van der Waals surface area (Å²) in [6.45, 7) is 5.16. The Labute approximate surface area is 94.5 Å². The summed E-state index contributed by atoms with van der Waals surface area (Å²) < 4.78 is 27.1. The number of aryl methyl sites for hydroxylation is 1. The van der Waals surface area contributed by atoms with Crippen LogP contribution in [-0.4, -0.2) is 5.78 Å². The summed E-state index contributed by atoms with van der Waals surface area (Å²) in [6, 6.07) is 2.48. The smallest absolute Gasteiger partial charge is 0.171 e. The minimum absolute atomic E-state index is 0.299. The normalized spacial score (nSPS) is 12.6. The molecule has 0 N–H and O–H groups in total. The van der Waals surface area contributed by atoms with Gasteiger partial charge in [0.1, 0.15) is 11.6 Å². The molecule has 1 aromatic rings. The molecule has 1 unspecified atom stereocenters. The van der Waals surface area contributed by atoms with E-state index in [1.54, 1.807) is 6.92 Å². The lowest BCUT2D eigenvalue weighted by Crippen LogP contribution is -2.15. The number of halogens is 2. The Bertz CT molecular complexity index is 399. The third-order valence-electron chi connectivity index (χ3n) is 2.70. The van der Waals surface area contributed by atoms with Gasteiger partial charge in [-0.2, -0.15) is 0 Å². The van der Waals surface area contributed by atoms with Crippen LogP contribution in [0.5, 0.6) is 0 Å². The Kier molecular flexibility index (Phi) is 4.16. The number of carbonyl (C=O) groups excluding carboxylic acids is 1. The average Bonchev–Trinajstić information content (AvgIpc) is 2.24. The molecule has 0 amide bonds. The van der Waals surface area contributed by atoms with E-state index in [1.807, 2.05) is 6.92 Å². The number of carbonyl (C=O) groups is 1. The maximum atomic E-state index is 13.7. The molecule has 0 saturated carbocycles. The molecular weight excluding hydrogens is 210 g/mol. The summed E-state index contributed by atoms with van der Waals surface area (Å²) in [5.74, 6) is -2.28. The molecule has 0 saturated heterocycles. The van der Waals surface area contributed by atoms with Crippen LogP contribution in [0.4, 0.5) is 8.78 Å². The predicted molar refractivity (Wildman–Crippen MR) is 59.5 cm³/mol. The molecule has 1 nitrogen and oxygen atoms in total. The maximum absolute atomic E-state index is 13.7. The quantitative estimate of drug-likeness (QED) is 0.712. The van der Waals surface area contributed by atoms with Crippen LogP contribution >= 0.6 is 0 Å². The van der Waals surface area contributed by atoms with Gasteiger partial charge >= 0.3 is 0 Å². The Morgan fingerprint density at radius 2 is 2.00 bits per heavy atom. The maximum Gasteiger partial charge on any atom is 0.171 e. The van der Waals surface area contributed by atoms with Gasteiger partial charge in [-0.25, -0.2) is 8.78 Å². The molecule has 0 aliphatic heterocycles. The molecule has 0 heterocycles. The molecule has 0 fully saturated rings. The zero-order valence-corrected chi connectivity index (χ0v) is 9.81. The largest absolute Gasteiger partial charge is 0.294 e. The summed E-state index contributed by atoms with van der Waals surface area (Å²) in [5.41, 5.74) is -0.0885. The highest BCUT2D eigenvalue weighted by Gasteiger charge is 2.23. The van der Waals surface area contributed by atoms with E-state index in [1.165, 1.54) is 13.0 Å². The number of hydrogen-bond donors (Lipinski definition) is 0.